The van der Waals surface area contributed by atoms with Gasteiger partial charge in [0.2, 0.25) is 5.88 Å². The molecule has 1 unspecified atom stereocenters. The molecule has 3 rings (SSSR count). The van der Waals surface area contributed by atoms with E-state index in [-0.39, 0.29) is 23.9 Å². The lowest BCUT2D eigenvalue weighted by molar-refractivity contribution is -0.141. The highest BCUT2D eigenvalue weighted by molar-refractivity contribution is 5.97. The van der Waals surface area contributed by atoms with Crippen LogP contribution < -0.4 is 4.74 Å². The molecule has 0 saturated carbocycles. The number of amides is 1. The Morgan fingerprint density at radius 1 is 1.35 bits per heavy atom. The summed E-state index contributed by atoms with van der Waals surface area (Å²) in [4.78, 5) is 25.2. The van der Waals surface area contributed by atoms with Gasteiger partial charge in [-0.15, -0.1) is 0 Å². The van der Waals surface area contributed by atoms with E-state index in [4.69, 9.17) is 4.74 Å². The van der Waals surface area contributed by atoms with Gasteiger partial charge in [0.05, 0.1) is 36.2 Å². The average Bonchev–Trinajstić information content (AvgIpc) is 3.13. The number of ether oxygens (including phenoxy) is 1. The highest BCUT2D eigenvalue weighted by atomic mass is 19.4. The van der Waals surface area contributed by atoms with Crippen molar-refractivity contribution in [2.75, 3.05) is 13.2 Å². The van der Waals surface area contributed by atoms with E-state index in [1.54, 1.807) is 20.9 Å². The number of nitrogens with zero attached hydrogens (tertiary/aromatic N) is 6. The molecule has 2 aromatic rings. The molecular weight excluding hydrogens is 463 g/mol. The van der Waals surface area contributed by atoms with Crippen molar-refractivity contribution in [2.45, 2.75) is 38.4 Å². The summed E-state index contributed by atoms with van der Waals surface area (Å²) in [7, 11) is 1.57. The lowest BCUT2D eigenvalue weighted by Crippen LogP contribution is -2.57. The molecule has 2 atom stereocenters. The van der Waals surface area contributed by atoms with E-state index in [1.807, 2.05) is 0 Å². The topological polar surface area (TPSA) is 85.5 Å². The number of hydrogen-bond donors (Lipinski definition) is 0. The molecule has 184 valence electrons. The highest BCUT2D eigenvalue weighted by Gasteiger charge is 2.47. The number of piperidine rings is 1. The van der Waals surface area contributed by atoms with Crippen LogP contribution in [0, 0.1) is 5.92 Å². The van der Waals surface area contributed by atoms with Crippen molar-refractivity contribution in [3.63, 3.8) is 0 Å². The van der Waals surface area contributed by atoms with Crippen molar-refractivity contribution < 1.29 is 31.5 Å². The first kappa shape index (κ1) is 25.2. The number of likely N-dealkylation sites (tertiary alicyclic amines) is 1. The normalized spacial score (nSPS) is 20.5. The quantitative estimate of drug-likeness (QED) is 0.457. The smallest absolute Gasteiger partial charge is 0.434 e. The maximum atomic E-state index is 14.4. The van der Waals surface area contributed by atoms with Crippen LogP contribution in [0.15, 0.2) is 30.2 Å². The number of alkyl halides is 5. The summed E-state index contributed by atoms with van der Waals surface area (Å²) in [6.07, 6.45) is -0.868. The zero-order valence-corrected chi connectivity index (χ0v) is 18.7. The van der Waals surface area contributed by atoms with Crippen molar-refractivity contribution in [3.05, 3.63) is 42.1 Å². The SMILES string of the molecule is C=C(N=CC)c1cn(C)nc1C(=O)N1CC(F)(F)C[C@@H](C)C1COc1cnc(C(F)(F)F)cn1. The molecule has 0 aliphatic carbocycles. The summed E-state index contributed by atoms with van der Waals surface area (Å²) in [5.74, 6) is -4.83. The second-order valence-electron chi connectivity index (χ2n) is 7.99. The minimum absolute atomic E-state index is 0.0951. The van der Waals surface area contributed by atoms with Crippen LogP contribution in [0.25, 0.3) is 5.70 Å². The monoisotopic (exact) mass is 486 g/mol. The third-order valence-corrected chi connectivity index (χ3v) is 5.29. The highest BCUT2D eigenvalue weighted by Crippen LogP contribution is 2.36. The Balaban J connectivity index is 1.86. The first-order valence-corrected chi connectivity index (χ1v) is 10.2. The molecule has 1 saturated heterocycles. The van der Waals surface area contributed by atoms with Gasteiger partial charge in [0.25, 0.3) is 11.8 Å². The lowest BCUT2D eigenvalue weighted by Gasteiger charge is -2.42. The predicted octanol–water partition coefficient (Wildman–Crippen LogP) is 3.86. The van der Waals surface area contributed by atoms with E-state index >= 15 is 0 Å². The lowest BCUT2D eigenvalue weighted by atomic mass is 9.88. The molecule has 0 aromatic carbocycles. The van der Waals surface area contributed by atoms with Crippen molar-refractivity contribution in [3.8, 4) is 5.88 Å². The Labute approximate surface area is 192 Å². The molecule has 1 aliphatic rings. The van der Waals surface area contributed by atoms with Gasteiger partial charge in [0.1, 0.15) is 6.61 Å². The van der Waals surface area contributed by atoms with Crippen LogP contribution in [0.5, 0.6) is 5.88 Å². The molecule has 2 aromatic heterocycles. The second-order valence-corrected chi connectivity index (χ2v) is 7.99. The van der Waals surface area contributed by atoms with Crippen molar-refractivity contribution in [2.24, 2.45) is 18.0 Å². The second kappa shape index (κ2) is 9.47. The van der Waals surface area contributed by atoms with E-state index < -0.39 is 48.6 Å². The fraction of sp³-hybridized carbons (Fsp3) is 0.476. The van der Waals surface area contributed by atoms with Gasteiger partial charge in [0.15, 0.2) is 11.4 Å². The third-order valence-electron chi connectivity index (χ3n) is 5.29. The summed E-state index contributed by atoms with van der Waals surface area (Å²) < 4.78 is 73.7. The summed E-state index contributed by atoms with van der Waals surface area (Å²) in [6, 6.07) is -0.825. The van der Waals surface area contributed by atoms with Crippen LogP contribution >= 0.6 is 0 Å². The van der Waals surface area contributed by atoms with E-state index in [0.717, 1.165) is 11.1 Å². The van der Waals surface area contributed by atoms with Gasteiger partial charge in [-0.25, -0.2) is 18.7 Å². The Bertz CT molecular complexity index is 1080. The van der Waals surface area contributed by atoms with Gasteiger partial charge in [-0.2, -0.15) is 18.3 Å². The van der Waals surface area contributed by atoms with Crippen LogP contribution in [0.2, 0.25) is 0 Å². The molecule has 1 fully saturated rings. The van der Waals surface area contributed by atoms with Crippen molar-refractivity contribution in [1.82, 2.24) is 24.6 Å². The summed E-state index contributed by atoms with van der Waals surface area (Å²) >= 11 is 0. The third kappa shape index (κ3) is 5.57. The molecule has 1 amide bonds. The molecule has 0 spiro atoms. The number of aryl methyl sites for hydroxylation is 1. The summed E-state index contributed by atoms with van der Waals surface area (Å²) in [5, 5.41) is 4.12. The Hall–Kier alpha value is -3.38. The minimum atomic E-state index is -4.66. The van der Waals surface area contributed by atoms with Gasteiger partial charge in [-0.3, -0.25) is 14.5 Å². The fourth-order valence-corrected chi connectivity index (χ4v) is 3.75. The van der Waals surface area contributed by atoms with Crippen LogP contribution in [-0.4, -0.2) is 61.9 Å². The molecule has 1 aliphatic heterocycles. The number of carbonyl (C=O) groups is 1. The first-order chi connectivity index (χ1) is 15.8. The number of halogens is 5. The molecule has 0 bridgehead atoms. The van der Waals surface area contributed by atoms with E-state index in [2.05, 4.69) is 26.6 Å². The van der Waals surface area contributed by atoms with Crippen LogP contribution in [0.4, 0.5) is 22.0 Å². The molecule has 3 heterocycles. The summed E-state index contributed by atoms with van der Waals surface area (Å²) in [5.41, 5.74) is -0.758. The predicted molar refractivity (Wildman–Crippen MR) is 112 cm³/mol. The zero-order chi connectivity index (χ0) is 25.3. The first-order valence-electron chi connectivity index (χ1n) is 10.2. The maximum absolute atomic E-state index is 14.4. The fourth-order valence-electron chi connectivity index (χ4n) is 3.75. The number of rotatable bonds is 6. The van der Waals surface area contributed by atoms with Gasteiger partial charge in [-0.1, -0.05) is 13.5 Å². The van der Waals surface area contributed by atoms with E-state index in [9.17, 15) is 26.7 Å². The van der Waals surface area contributed by atoms with Gasteiger partial charge in [-0.05, 0) is 12.8 Å². The molecule has 0 N–H and O–H groups in total. The van der Waals surface area contributed by atoms with Gasteiger partial charge < -0.3 is 9.64 Å². The Kier molecular flexibility index (Phi) is 7.03. The van der Waals surface area contributed by atoms with Gasteiger partial charge >= 0.3 is 6.18 Å². The largest absolute Gasteiger partial charge is 0.474 e. The molecule has 13 heteroatoms. The van der Waals surface area contributed by atoms with Crippen LogP contribution in [0.3, 0.4) is 0 Å². The molecule has 0 radical (unpaired) electrons. The minimum Gasteiger partial charge on any atom is -0.474 e. The number of carbonyl (C=O) groups excluding carboxylic acids is 1. The standard InChI is InChI=1S/C21H23F5N6O2/c1-5-27-13(3)14-9-31(4)30-18(14)19(33)32-11-20(22,23)6-12(2)15(32)10-34-17-8-28-16(7-29-17)21(24,25)26/h5,7-9,12,15H,3,6,10-11H2,1-2,4H3/t12-,15?/m1/s1. The Morgan fingerprint density at radius 3 is 2.65 bits per heavy atom. The number of aromatic nitrogens is 4. The van der Waals surface area contributed by atoms with E-state index in [0.29, 0.717) is 11.8 Å². The zero-order valence-electron chi connectivity index (χ0n) is 18.7. The van der Waals surface area contributed by atoms with Crippen molar-refractivity contribution in [1.29, 1.82) is 0 Å². The molecule has 34 heavy (non-hydrogen) atoms. The maximum Gasteiger partial charge on any atom is 0.434 e. The molecule has 8 nitrogen and oxygen atoms in total. The van der Waals surface area contributed by atoms with Crippen LogP contribution in [0.1, 0.15) is 42.0 Å². The van der Waals surface area contributed by atoms with Crippen molar-refractivity contribution >= 4 is 17.8 Å². The number of hydrogen-bond acceptors (Lipinski definition) is 6. The number of aliphatic imine (C=N–C) groups is 1. The summed E-state index contributed by atoms with van der Waals surface area (Å²) in [6.45, 7) is 5.84. The Morgan fingerprint density at radius 2 is 2.06 bits per heavy atom. The average molecular weight is 486 g/mol. The van der Waals surface area contributed by atoms with Gasteiger partial charge in [0, 0.05) is 25.9 Å². The van der Waals surface area contributed by atoms with Crippen LogP contribution in [-0.2, 0) is 13.2 Å². The van der Waals surface area contributed by atoms with E-state index in [1.165, 1.54) is 17.1 Å². The molecular formula is C21H23F5N6O2.